The fourth-order valence-corrected chi connectivity index (χ4v) is 3.28. The van der Waals surface area contributed by atoms with E-state index in [2.05, 4.69) is 0 Å². The van der Waals surface area contributed by atoms with E-state index in [1.54, 1.807) is 0 Å². The molecule has 2 heterocycles. The molecule has 98 valence electrons. The molecule has 1 aromatic rings. The molecule has 6 nitrogen and oxygen atoms in total. The molecule has 6 N–H and O–H groups in total. The topological polar surface area (TPSA) is 115 Å². The molecule has 0 bridgehead atoms. The first-order valence-corrected chi connectivity index (χ1v) is 6.47. The smallest absolute Gasteiger partial charge is 0.253 e. The van der Waals surface area contributed by atoms with E-state index in [1.807, 2.05) is 4.90 Å². The molecule has 0 saturated carbocycles. The second kappa shape index (κ2) is 4.58. The lowest BCUT2D eigenvalue weighted by Crippen LogP contribution is -2.27. The Morgan fingerprint density at radius 2 is 2.11 bits per heavy atom. The van der Waals surface area contributed by atoms with Crippen molar-refractivity contribution in [3.05, 3.63) is 10.4 Å². The van der Waals surface area contributed by atoms with E-state index >= 15 is 0 Å². The number of nitrogens with zero attached hydrogens (tertiary/aromatic N) is 1. The van der Waals surface area contributed by atoms with Crippen LogP contribution in [0.4, 0.5) is 10.7 Å². The lowest BCUT2D eigenvalue weighted by atomic mass is 10.2. The number of thiophene rings is 1. The van der Waals surface area contributed by atoms with Gasteiger partial charge in [-0.25, -0.2) is 0 Å². The molecule has 1 aliphatic heterocycles. The van der Waals surface area contributed by atoms with Gasteiger partial charge in [-0.05, 0) is 6.42 Å². The highest BCUT2D eigenvalue weighted by molar-refractivity contribution is 7.19. The van der Waals surface area contributed by atoms with Gasteiger partial charge in [0.1, 0.15) is 5.00 Å². The summed E-state index contributed by atoms with van der Waals surface area (Å²) in [6.07, 6.45) is 0.853. The first kappa shape index (κ1) is 12.8. The average molecular weight is 268 g/mol. The molecule has 1 saturated heterocycles. The Bertz CT molecular complexity index is 511. The molecular weight excluding hydrogens is 252 g/mol. The predicted molar refractivity (Wildman–Crippen MR) is 72.1 cm³/mol. The van der Waals surface area contributed by atoms with Gasteiger partial charge in [-0.3, -0.25) is 9.59 Å². The first-order chi connectivity index (χ1) is 8.41. The molecule has 1 amide bonds. The number of Topliss-reactive ketones (excluding diaryl/α,β-unsaturated/α-hetero) is 1. The van der Waals surface area contributed by atoms with Crippen LogP contribution in [0.25, 0.3) is 0 Å². The number of amides is 1. The molecule has 1 atom stereocenters. The summed E-state index contributed by atoms with van der Waals surface area (Å²) in [5, 5.41) is 0.665. The van der Waals surface area contributed by atoms with Crippen molar-refractivity contribution in [1.82, 2.24) is 0 Å². The molecule has 2 rings (SSSR count). The third kappa shape index (κ3) is 2.06. The summed E-state index contributed by atoms with van der Waals surface area (Å²) in [5.74, 6) is -0.763. The Morgan fingerprint density at radius 3 is 2.56 bits per heavy atom. The summed E-state index contributed by atoms with van der Waals surface area (Å²) in [7, 11) is 0. The summed E-state index contributed by atoms with van der Waals surface area (Å²) in [4.78, 5) is 25.3. The third-order valence-electron chi connectivity index (χ3n) is 3.00. The maximum Gasteiger partial charge on any atom is 0.253 e. The van der Waals surface area contributed by atoms with E-state index in [4.69, 9.17) is 17.2 Å². The zero-order valence-electron chi connectivity index (χ0n) is 10.1. The van der Waals surface area contributed by atoms with Crippen molar-refractivity contribution in [2.24, 2.45) is 11.5 Å². The van der Waals surface area contributed by atoms with Crippen molar-refractivity contribution < 1.29 is 9.59 Å². The van der Waals surface area contributed by atoms with Crippen LogP contribution in [-0.4, -0.2) is 30.8 Å². The standard InChI is InChI=1S/C11H16N4O2S/c1-5(16)9-8(13)7(10(14)17)11(18-9)15-3-2-6(12)4-15/h6H,2-4,12-13H2,1H3,(H2,14,17). The fraction of sp³-hybridized carbons (Fsp3) is 0.455. The second-order valence-electron chi connectivity index (χ2n) is 4.44. The van der Waals surface area contributed by atoms with Crippen LogP contribution in [0, 0.1) is 0 Å². The van der Waals surface area contributed by atoms with Crippen LogP contribution in [0.3, 0.4) is 0 Å². The quantitative estimate of drug-likeness (QED) is 0.676. The number of hydrogen-bond acceptors (Lipinski definition) is 6. The largest absolute Gasteiger partial charge is 0.397 e. The van der Waals surface area contributed by atoms with Gasteiger partial charge in [-0.1, -0.05) is 0 Å². The number of nitrogens with two attached hydrogens (primary N) is 3. The third-order valence-corrected chi connectivity index (χ3v) is 4.37. The van der Waals surface area contributed by atoms with Gasteiger partial charge >= 0.3 is 0 Å². The SMILES string of the molecule is CC(=O)c1sc(N2CCC(N)C2)c(C(N)=O)c1N. The molecule has 1 aliphatic rings. The second-order valence-corrected chi connectivity index (χ2v) is 5.44. The van der Waals surface area contributed by atoms with Crippen LogP contribution in [0.15, 0.2) is 0 Å². The lowest BCUT2D eigenvalue weighted by Gasteiger charge is -2.16. The average Bonchev–Trinajstić information content (AvgIpc) is 2.81. The predicted octanol–water partition coefficient (Wildman–Crippen LogP) is 0.169. The molecule has 1 unspecified atom stereocenters. The van der Waals surface area contributed by atoms with E-state index in [-0.39, 0.29) is 23.1 Å². The lowest BCUT2D eigenvalue weighted by molar-refractivity contribution is 0.100. The number of carbonyl (C=O) groups excluding carboxylic acids is 2. The number of carbonyl (C=O) groups is 2. The maximum atomic E-state index is 11.5. The summed E-state index contributed by atoms with van der Waals surface area (Å²) in [6, 6.07) is 0.0785. The minimum absolute atomic E-state index is 0.0785. The zero-order chi connectivity index (χ0) is 13.4. The van der Waals surface area contributed by atoms with Gasteiger partial charge in [0.15, 0.2) is 5.78 Å². The highest BCUT2D eigenvalue weighted by Gasteiger charge is 2.29. The van der Waals surface area contributed by atoms with Gasteiger partial charge in [0, 0.05) is 26.1 Å². The van der Waals surface area contributed by atoms with Crippen molar-refractivity contribution in [2.45, 2.75) is 19.4 Å². The highest BCUT2D eigenvalue weighted by atomic mass is 32.1. The van der Waals surface area contributed by atoms with Gasteiger partial charge in [0.05, 0.1) is 16.1 Å². The van der Waals surface area contributed by atoms with Crippen LogP contribution in [0.2, 0.25) is 0 Å². The van der Waals surface area contributed by atoms with E-state index in [0.717, 1.165) is 13.0 Å². The summed E-state index contributed by atoms with van der Waals surface area (Å²) in [6.45, 7) is 2.82. The zero-order valence-corrected chi connectivity index (χ0v) is 10.9. The van der Waals surface area contributed by atoms with Crippen LogP contribution >= 0.6 is 11.3 Å². The van der Waals surface area contributed by atoms with Crippen molar-refractivity contribution >= 4 is 33.7 Å². The van der Waals surface area contributed by atoms with Gasteiger partial charge < -0.3 is 22.1 Å². The van der Waals surface area contributed by atoms with Gasteiger partial charge in [0.2, 0.25) is 0 Å². The van der Waals surface area contributed by atoms with Crippen LogP contribution < -0.4 is 22.1 Å². The van der Waals surface area contributed by atoms with Crippen molar-refractivity contribution in [1.29, 1.82) is 0 Å². The van der Waals surface area contributed by atoms with E-state index in [9.17, 15) is 9.59 Å². The molecule has 0 aliphatic carbocycles. The number of hydrogen-bond donors (Lipinski definition) is 3. The van der Waals surface area contributed by atoms with E-state index in [1.165, 1.54) is 18.3 Å². The minimum atomic E-state index is -0.605. The summed E-state index contributed by atoms with van der Waals surface area (Å²) >= 11 is 1.22. The van der Waals surface area contributed by atoms with E-state index in [0.29, 0.717) is 16.4 Å². The Hall–Kier alpha value is -1.60. The molecule has 0 spiro atoms. The maximum absolute atomic E-state index is 11.5. The normalized spacial score (nSPS) is 19.2. The monoisotopic (exact) mass is 268 g/mol. The molecule has 18 heavy (non-hydrogen) atoms. The van der Waals surface area contributed by atoms with Gasteiger partial charge in [-0.15, -0.1) is 11.3 Å². The number of nitrogen functional groups attached to an aromatic ring is 1. The van der Waals surface area contributed by atoms with Crippen LogP contribution in [-0.2, 0) is 0 Å². The Labute approximate surface area is 109 Å². The Morgan fingerprint density at radius 1 is 1.44 bits per heavy atom. The Kier molecular flexibility index (Phi) is 3.27. The molecular formula is C11H16N4O2S. The summed E-state index contributed by atoms with van der Waals surface area (Å²) < 4.78 is 0. The highest BCUT2D eigenvalue weighted by Crippen LogP contribution is 2.39. The van der Waals surface area contributed by atoms with Crippen LogP contribution in [0.5, 0.6) is 0 Å². The van der Waals surface area contributed by atoms with E-state index < -0.39 is 5.91 Å². The van der Waals surface area contributed by atoms with Crippen LogP contribution in [0.1, 0.15) is 33.4 Å². The Balaban J connectivity index is 2.49. The molecule has 0 radical (unpaired) electrons. The molecule has 1 fully saturated rings. The van der Waals surface area contributed by atoms with Gasteiger partial charge in [0.25, 0.3) is 5.91 Å². The fourth-order valence-electron chi connectivity index (χ4n) is 2.13. The first-order valence-electron chi connectivity index (χ1n) is 5.65. The van der Waals surface area contributed by atoms with Gasteiger partial charge in [-0.2, -0.15) is 0 Å². The number of anilines is 2. The molecule has 0 aromatic carbocycles. The van der Waals surface area contributed by atoms with Crippen molar-refractivity contribution in [3.8, 4) is 0 Å². The summed E-state index contributed by atoms with van der Waals surface area (Å²) in [5.41, 5.74) is 17.5. The van der Waals surface area contributed by atoms with Crippen molar-refractivity contribution in [3.63, 3.8) is 0 Å². The van der Waals surface area contributed by atoms with Crippen molar-refractivity contribution in [2.75, 3.05) is 23.7 Å². The minimum Gasteiger partial charge on any atom is -0.397 e. The number of ketones is 1. The molecule has 1 aromatic heterocycles. The number of rotatable bonds is 3. The number of primary amides is 1. The molecule has 7 heteroatoms.